The molecule has 150 valence electrons. The third kappa shape index (κ3) is 2.21. The molecule has 2 fully saturated rings. The summed E-state index contributed by atoms with van der Waals surface area (Å²) < 4.78 is 0. The van der Waals surface area contributed by atoms with E-state index in [-0.39, 0.29) is 17.9 Å². The van der Waals surface area contributed by atoms with E-state index in [4.69, 9.17) is 11.6 Å². The number of aliphatic hydroxyl groups excluding tert-OH is 1. The lowest BCUT2D eigenvalue weighted by Gasteiger charge is -2.31. The van der Waals surface area contributed by atoms with Crippen LogP contribution in [0.4, 0.5) is 5.69 Å². The fraction of sp³-hybridized carbons (Fsp3) is 0.550. The topological polar surface area (TPSA) is 98.7 Å². The molecule has 28 heavy (non-hydrogen) atoms. The second-order valence-corrected chi connectivity index (χ2v) is 8.48. The van der Waals surface area contributed by atoms with Gasteiger partial charge in [0.2, 0.25) is 17.7 Å². The Balaban J connectivity index is 1.93. The fourth-order valence-electron chi connectivity index (χ4n) is 4.97. The van der Waals surface area contributed by atoms with Gasteiger partial charge in [0.1, 0.15) is 5.54 Å². The first kappa shape index (κ1) is 19.4. The van der Waals surface area contributed by atoms with E-state index in [1.807, 2.05) is 13.8 Å². The molecule has 0 radical (unpaired) electrons. The van der Waals surface area contributed by atoms with E-state index in [9.17, 15) is 19.5 Å². The van der Waals surface area contributed by atoms with Crippen molar-refractivity contribution in [3.05, 3.63) is 28.3 Å². The van der Waals surface area contributed by atoms with Gasteiger partial charge in [0.25, 0.3) is 0 Å². The van der Waals surface area contributed by atoms with Crippen LogP contribution in [0.1, 0.15) is 38.3 Å². The molecule has 1 aromatic rings. The fourth-order valence-corrected chi connectivity index (χ4v) is 5.13. The third-order valence-corrected chi connectivity index (χ3v) is 7.01. The van der Waals surface area contributed by atoms with E-state index in [0.717, 1.165) is 0 Å². The van der Waals surface area contributed by atoms with Crippen LogP contribution in [0.5, 0.6) is 0 Å². The highest BCUT2D eigenvalue weighted by Crippen LogP contribution is 2.54. The van der Waals surface area contributed by atoms with E-state index in [1.54, 1.807) is 26.0 Å². The number of aliphatic hydroxyl groups is 1. The molecule has 0 bridgehead atoms. The Labute approximate surface area is 168 Å². The SMILES string of the molecule is CC[C@H](C)N1C(=O)[C@@H]2[C@@H]([C@@H](C)O)N[C@@]3(C(=O)Nc4c3ccc(Cl)c4C)[C@@H]2C1=O. The number of likely N-dealkylation sites (tertiary alicyclic amines) is 1. The Morgan fingerprint density at radius 3 is 2.54 bits per heavy atom. The predicted octanol–water partition coefficient (Wildman–Crippen LogP) is 1.55. The van der Waals surface area contributed by atoms with Crippen molar-refractivity contribution in [1.82, 2.24) is 10.2 Å². The summed E-state index contributed by atoms with van der Waals surface area (Å²) in [5.41, 5.74) is 0.479. The van der Waals surface area contributed by atoms with Crippen LogP contribution in [0, 0.1) is 18.8 Å². The average Bonchev–Trinajstić information content (AvgIpc) is 3.24. The van der Waals surface area contributed by atoms with Crippen molar-refractivity contribution in [1.29, 1.82) is 0 Å². The number of nitrogens with one attached hydrogen (secondary N) is 2. The maximum absolute atomic E-state index is 13.4. The van der Waals surface area contributed by atoms with Crippen LogP contribution in [0.2, 0.25) is 5.02 Å². The molecular weight excluding hydrogens is 382 g/mol. The van der Waals surface area contributed by atoms with Gasteiger partial charge in [0, 0.05) is 22.7 Å². The second-order valence-electron chi connectivity index (χ2n) is 8.08. The van der Waals surface area contributed by atoms with Crippen LogP contribution in [0.15, 0.2) is 12.1 Å². The van der Waals surface area contributed by atoms with Gasteiger partial charge in [-0.1, -0.05) is 24.6 Å². The number of hydrogen-bond acceptors (Lipinski definition) is 5. The van der Waals surface area contributed by atoms with Crippen LogP contribution in [0.25, 0.3) is 0 Å². The lowest BCUT2D eigenvalue weighted by atomic mass is 9.76. The molecule has 8 heteroatoms. The Morgan fingerprint density at radius 1 is 1.25 bits per heavy atom. The number of nitrogens with zero attached hydrogens (tertiary/aromatic N) is 1. The molecule has 0 aliphatic carbocycles. The number of benzene rings is 1. The Bertz CT molecular complexity index is 902. The minimum absolute atomic E-state index is 0.270. The summed E-state index contributed by atoms with van der Waals surface area (Å²) in [5.74, 6) is -2.79. The second kappa shape index (κ2) is 6.27. The highest BCUT2D eigenvalue weighted by atomic mass is 35.5. The number of halogens is 1. The van der Waals surface area contributed by atoms with Crippen LogP contribution < -0.4 is 10.6 Å². The third-order valence-electron chi connectivity index (χ3n) is 6.60. The van der Waals surface area contributed by atoms with E-state index in [2.05, 4.69) is 10.6 Å². The maximum atomic E-state index is 13.4. The normalized spacial score (nSPS) is 33.3. The summed E-state index contributed by atoms with van der Waals surface area (Å²) in [4.78, 5) is 41.1. The summed E-state index contributed by atoms with van der Waals surface area (Å²) in [5, 5.41) is 16.9. The molecule has 3 aliphatic heterocycles. The van der Waals surface area contributed by atoms with Gasteiger partial charge in [-0.15, -0.1) is 0 Å². The molecule has 3 aliphatic rings. The zero-order chi connectivity index (χ0) is 20.5. The van der Waals surface area contributed by atoms with Crippen molar-refractivity contribution in [3.8, 4) is 0 Å². The lowest BCUT2D eigenvalue weighted by molar-refractivity contribution is -0.145. The molecule has 3 amide bonds. The largest absolute Gasteiger partial charge is 0.392 e. The number of rotatable bonds is 3. The summed E-state index contributed by atoms with van der Waals surface area (Å²) in [6.45, 7) is 7.09. The van der Waals surface area contributed by atoms with Crippen molar-refractivity contribution >= 4 is 35.0 Å². The Morgan fingerprint density at radius 2 is 1.93 bits per heavy atom. The van der Waals surface area contributed by atoms with E-state index in [1.165, 1.54) is 4.90 Å². The average molecular weight is 406 g/mol. The molecule has 6 atom stereocenters. The van der Waals surface area contributed by atoms with E-state index >= 15 is 0 Å². The highest BCUT2D eigenvalue weighted by molar-refractivity contribution is 6.32. The Kier molecular flexibility index (Phi) is 4.34. The van der Waals surface area contributed by atoms with Crippen molar-refractivity contribution in [2.24, 2.45) is 11.8 Å². The zero-order valence-electron chi connectivity index (χ0n) is 16.2. The molecule has 0 unspecified atom stereocenters. The minimum Gasteiger partial charge on any atom is -0.392 e. The van der Waals surface area contributed by atoms with Crippen LogP contribution >= 0.6 is 11.6 Å². The van der Waals surface area contributed by atoms with Crippen molar-refractivity contribution in [3.63, 3.8) is 0 Å². The maximum Gasteiger partial charge on any atom is 0.250 e. The lowest BCUT2D eigenvalue weighted by Crippen LogP contribution is -2.55. The molecule has 2 saturated heterocycles. The van der Waals surface area contributed by atoms with Gasteiger partial charge >= 0.3 is 0 Å². The van der Waals surface area contributed by atoms with Gasteiger partial charge in [-0.25, -0.2) is 0 Å². The number of imide groups is 1. The first-order valence-corrected chi connectivity index (χ1v) is 9.98. The van der Waals surface area contributed by atoms with Crippen molar-refractivity contribution < 1.29 is 19.5 Å². The van der Waals surface area contributed by atoms with Crippen LogP contribution in [-0.4, -0.2) is 45.9 Å². The summed E-state index contributed by atoms with van der Waals surface area (Å²) in [6.07, 6.45) is -0.292. The van der Waals surface area contributed by atoms with Crippen LogP contribution in [-0.2, 0) is 19.9 Å². The Hall–Kier alpha value is -1.96. The number of hydrogen-bond donors (Lipinski definition) is 3. The molecular formula is C20H24ClN3O4. The number of carbonyl (C=O) groups excluding carboxylic acids is 3. The molecule has 4 rings (SSSR count). The van der Waals surface area contributed by atoms with E-state index in [0.29, 0.717) is 28.3 Å². The van der Waals surface area contributed by atoms with Crippen molar-refractivity contribution in [2.75, 3.05) is 5.32 Å². The van der Waals surface area contributed by atoms with E-state index < -0.39 is 35.4 Å². The zero-order valence-corrected chi connectivity index (χ0v) is 17.0. The van der Waals surface area contributed by atoms with Crippen molar-refractivity contribution in [2.45, 2.75) is 57.8 Å². The smallest absolute Gasteiger partial charge is 0.250 e. The number of fused-ring (bicyclic) bond motifs is 4. The van der Waals surface area contributed by atoms with Gasteiger partial charge < -0.3 is 10.4 Å². The number of carbonyl (C=O) groups is 3. The molecule has 3 N–H and O–H groups in total. The molecule has 1 aromatic carbocycles. The standard InChI is InChI=1S/C20H24ClN3O4/c1-5-8(2)24-17(26)13-14(18(24)27)20(23-16(13)10(4)25)11-6-7-12(21)9(3)15(11)22-19(20)28/h6-8,10,13-14,16,23,25H,5H2,1-4H3,(H,22,28)/t8-,10+,13-,14-,16+,20+/m0/s1. The van der Waals surface area contributed by atoms with Gasteiger partial charge in [0.05, 0.1) is 23.6 Å². The highest BCUT2D eigenvalue weighted by Gasteiger charge is 2.71. The molecule has 0 aromatic heterocycles. The van der Waals surface area contributed by atoms with Gasteiger partial charge in [-0.2, -0.15) is 0 Å². The number of anilines is 1. The molecule has 7 nitrogen and oxygen atoms in total. The van der Waals surface area contributed by atoms with Gasteiger partial charge in [-0.3, -0.25) is 24.6 Å². The predicted molar refractivity (Wildman–Crippen MR) is 104 cm³/mol. The first-order valence-electron chi connectivity index (χ1n) is 9.60. The van der Waals surface area contributed by atoms with Crippen LogP contribution in [0.3, 0.4) is 0 Å². The summed E-state index contributed by atoms with van der Waals surface area (Å²) in [7, 11) is 0. The summed E-state index contributed by atoms with van der Waals surface area (Å²) in [6, 6.07) is 2.44. The van der Waals surface area contributed by atoms with Gasteiger partial charge in [-0.05, 0) is 38.8 Å². The van der Waals surface area contributed by atoms with Gasteiger partial charge in [0.15, 0.2) is 0 Å². The monoisotopic (exact) mass is 405 g/mol. The quantitative estimate of drug-likeness (QED) is 0.663. The summed E-state index contributed by atoms with van der Waals surface area (Å²) >= 11 is 6.22. The number of amides is 3. The molecule has 0 saturated carbocycles. The minimum atomic E-state index is -1.40. The molecule has 1 spiro atoms. The first-order chi connectivity index (χ1) is 13.2. The molecule has 3 heterocycles.